The van der Waals surface area contributed by atoms with Gasteiger partial charge in [0, 0.05) is 43.4 Å². The number of Topliss-reactive ketones (excluding diaryl/α,β-unsaturated/α-hetero) is 2. The zero-order valence-electron chi connectivity index (χ0n) is 24.5. The normalized spacial score (nSPS) is 22.8. The van der Waals surface area contributed by atoms with Gasteiger partial charge in [0.2, 0.25) is 5.78 Å². The Labute approximate surface area is 251 Å². The van der Waals surface area contributed by atoms with Gasteiger partial charge in [-0.25, -0.2) is 9.18 Å². The zero-order chi connectivity index (χ0) is 32.4. The van der Waals surface area contributed by atoms with E-state index in [0.29, 0.717) is 22.5 Å². The van der Waals surface area contributed by atoms with Gasteiger partial charge < -0.3 is 41.7 Å². The van der Waals surface area contributed by atoms with E-state index in [-0.39, 0.29) is 35.6 Å². The SMILES string of the molecule is CC(C)c1cc(NC(=O)Nc2cc(N(C)C)c3c(c2O)C(O)=C2C(=O)[C@]4(O)C(O)=C(C(N)=O)C(=O)C[C@@H]4C[C@@H]2C3)ccc1F. The van der Waals surface area contributed by atoms with Crippen molar-refractivity contribution in [3.05, 3.63) is 63.7 Å². The van der Waals surface area contributed by atoms with E-state index >= 15 is 0 Å². The van der Waals surface area contributed by atoms with Crippen molar-refractivity contribution in [3.8, 4) is 5.75 Å². The summed E-state index contributed by atoms with van der Waals surface area (Å²) in [6.45, 7) is 3.61. The van der Waals surface area contributed by atoms with E-state index in [1.54, 1.807) is 32.8 Å². The number of urea groups is 1. The highest BCUT2D eigenvalue weighted by atomic mass is 19.1. The second-order valence-corrected chi connectivity index (χ2v) is 11.9. The third kappa shape index (κ3) is 4.64. The quantitative estimate of drug-likeness (QED) is 0.196. The summed E-state index contributed by atoms with van der Waals surface area (Å²) in [4.78, 5) is 52.9. The first-order chi connectivity index (χ1) is 20.6. The molecule has 0 spiro atoms. The Bertz CT molecular complexity index is 1710. The topological polar surface area (TPSA) is 203 Å². The Morgan fingerprint density at radius 2 is 1.77 bits per heavy atom. The number of fused-ring (bicyclic) bond motifs is 3. The van der Waals surface area contributed by atoms with Crippen LogP contribution >= 0.6 is 0 Å². The van der Waals surface area contributed by atoms with Crippen molar-refractivity contribution in [2.45, 2.75) is 44.6 Å². The van der Waals surface area contributed by atoms with Crippen molar-refractivity contribution in [1.82, 2.24) is 0 Å². The number of nitrogens with one attached hydrogen (secondary N) is 2. The van der Waals surface area contributed by atoms with Crippen LogP contribution in [0.3, 0.4) is 0 Å². The lowest BCUT2D eigenvalue weighted by atomic mass is 9.59. The van der Waals surface area contributed by atoms with Crippen LogP contribution in [0.4, 0.5) is 26.2 Å². The number of benzene rings is 2. The fourth-order valence-electron chi connectivity index (χ4n) is 6.51. The number of phenolic OH excluding ortho intramolecular Hbond substituents is 1. The van der Waals surface area contributed by atoms with Crippen molar-refractivity contribution in [2.24, 2.45) is 17.6 Å². The number of aliphatic hydroxyl groups is 3. The van der Waals surface area contributed by atoms with Crippen LogP contribution in [-0.2, 0) is 20.8 Å². The van der Waals surface area contributed by atoms with Gasteiger partial charge in [0.1, 0.15) is 22.9 Å². The number of nitrogens with two attached hydrogens (primary N) is 1. The number of amides is 3. The molecule has 2 aromatic carbocycles. The molecular formula is C31H33FN4O8. The van der Waals surface area contributed by atoms with Gasteiger partial charge in [-0.05, 0) is 60.1 Å². The van der Waals surface area contributed by atoms with E-state index < -0.39 is 76.0 Å². The minimum Gasteiger partial charge on any atom is -0.508 e. The lowest BCUT2D eigenvalue weighted by Crippen LogP contribution is -2.58. The summed E-state index contributed by atoms with van der Waals surface area (Å²) >= 11 is 0. The molecule has 0 saturated heterocycles. The van der Waals surface area contributed by atoms with E-state index in [2.05, 4.69) is 10.6 Å². The number of ketones is 2. The summed E-state index contributed by atoms with van der Waals surface area (Å²) in [6.07, 6.45) is -0.317. The molecule has 0 aromatic heterocycles. The maximum absolute atomic E-state index is 14.1. The molecule has 3 amide bonds. The number of anilines is 3. The number of halogens is 1. The standard InChI is InChI=1S/C31H33FN4O8/c1-12(2)16-10-15(5-6-18(16)32)34-30(43)35-19-11-20(36(3)4)17-8-13-7-14-9-21(37)24(29(33)42)28(41)31(14,44)27(40)22(13)26(39)23(17)25(19)38/h5-6,10-14,38-39,41,44H,7-9H2,1-4H3,(H2,33,42)(H2,34,35,43)/t13-,14+,31+/m1/s1. The number of carbonyl (C=O) groups is 4. The Kier molecular flexibility index (Phi) is 7.40. The van der Waals surface area contributed by atoms with Crippen LogP contribution in [0.5, 0.6) is 5.75 Å². The average molecular weight is 609 g/mol. The van der Waals surface area contributed by atoms with Gasteiger partial charge in [-0.15, -0.1) is 0 Å². The Morgan fingerprint density at radius 1 is 1.09 bits per heavy atom. The minimum atomic E-state index is -2.69. The molecule has 8 N–H and O–H groups in total. The van der Waals surface area contributed by atoms with Gasteiger partial charge >= 0.3 is 6.03 Å². The second kappa shape index (κ2) is 10.7. The van der Waals surface area contributed by atoms with Gasteiger partial charge in [0.15, 0.2) is 17.1 Å². The predicted molar refractivity (Wildman–Crippen MR) is 159 cm³/mol. The molecule has 13 heteroatoms. The Balaban J connectivity index is 1.57. The van der Waals surface area contributed by atoms with Gasteiger partial charge in [0.25, 0.3) is 5.91 Å². The number of aliphatic hydroxyl groups excluding tert-OH is 2. The molecule has 1 saturated carbocycles. The highest BCUT2D eigenvalue weighted by molar-refractivity contribution is 6.22. The number of phenols is 1. The highest BCUT2D eigenvalue weighted by Gasteiger charge is 2.60. The molecule has 0 radical (unpaired) electrons. The first-order valence-corrected chi connectivity index (χ1v) is 14.0. The van der Waals surface area contributed by atoms with Crippen molar-refractivity contribution in [3.63, 3.8) is 0 Å². The molecule has 0 heterocycles. The summed E-state index contributed by atoms with van der Waals surface area (Å²) in [7, 11) is 3.41. The molecule has 5 rings (SSSR count). The zero-order valence-corrected chi connectivity index (χ0v) is 24.5. The summed E-state index contributed by atoms with van der Waals surface area (Å²) in [6, 6.07) is 4.82. The lowest BCUT2D eigenvalue weighted by Gasteiger charge is -2.46. The van der Waals surface area contributed by atoms with Crippen LogP contribution in [0.15, 0.2) is 41.2 Å². The Morgan fingerprint density at radius 3 is 2.39 bits per heavy atom. The third-order valence-corrected chi connectivity index (χ3v) is 8.65. The molecular weight excluding hydrogens is 575 g/mol. The van der Waals surface area contributed by atoms with Crippen LogP contribution in [-0.4, -0.2) is 63.6 Å². The predicted octanol–water partition coefficient (Wildman–Crippen LogP) is 3.40. The summed E-state index contributed by atoms with van der Waals surface area (Å²) in [5, 5.41) is 50.1. The largest absolute Gasteiger partial charge is 0.508 e. The van der Waals surface area contributed by atoms with Gasteiger partial charge in [-0.3, -0.25) is 14.4 Å². The van der Waals surface area contributed by atoms with Crippen LogP contribution in [0.2, 0.25) is 0 Å². The number of hydrogen-bond donors (Lipinski definition) is 7. The molecule has 2 aromatic rings. The number of hydrogen-bond acceptors (Lipinski definition) is 9. The number of nitrogens with zero attached hydrogens (tertiary/aromatic N) is 1. The van der Waals surface area contributed by atoms with Gasteiger partial charge in [-0.1, -0.05) is 13.8 Å². The molecule has 3 aliphatic carbocycles. The maximum atomic E-state index is 14.1. The first kappa shape index (κ1) is 30.5. The van der Waals surface area contributed by atoms with Crippen LogP contribution < -0.4 is 21.3 Å². The number of primary amides is 1. The molecule has 12 nitrogen and oxygen atoms in total. The van der Waals surface area contributed by atoms with Crippen molar-refractivity contribution in [2.75, 3.05) is 29.6 Å². The fraction of sp³-hybridized carbons (Fsp3) is 0.355. The third-order valence-electron chi connectivity index (χ3n) is 8.65. The maximum Gasteiger partial charge on any atom is 0.323 e. The van der Waals surface area contributed by atoms with Gasteiger partial charge in [-0.2, -0.15) is 0 Å². The van der Waals surface area contributed by atoms with E-state index in [0.717, 1.165) is 0 Å². The fourth-order valence-corrected chi connectivity index (χ4v) is 6.51. The molecule has 0 unspecified atom stereocenters. The minimum absolute atomic E-state index is 0.00497. The smallest absolute Gasteiger partial charge is 0.323 e. The van der Waals surface area contributed by atoms with E-state index in [4.69, 9.17) is 5.73 Å². The number of carbonyl (C=O) groups excluding carboxylic acids is 4. The van der Waals surface area contributed by atoms with Gasteiger partial charge in [0.05, 0.1) is 11.3 Å². The molecule has 232 valence electrons. The first-order valence-electron chi connectivity index (χ1n) is 14.0. The summed E-state index contributed by atoms with van der Waals surface area (Å²) < 4.78 is 14.1. The molecule has 3 atom stereocenters. The van der Waals surface area contributed by atoms with E-state index in [1.807, 2.05) is 0 Å². The van der Waals surface area contributed by atoms with Crippen molar-refractivity contribution in [1.29, 1.82) is 0 Å². The van der Waals surface area contributed by atoms with Crippen LogP contribution in [0, 0.1) is 17.7 Å². The summed E-state index contributed by atoms with van der Waals surface area (Å²) in [5.74, 6) is -7.97. The molecule has 0 aliphatic heterocycles. The van der Waals surface area contributed by atoms with Crippen molar-refractivity contribution >= 4 is 46.3 Å². The number of aromatic hydroxyl groups is 1. The molecule has 1 fully saturated rings. The average Bonchev–Trinajstić information content (AvgIpc) is 2.92. The molecule has 0 bridgehead atoms. The van der Waals surface area contributed by atoms with Crippen LogP contribution in [0.1, 0.15) is 49.3 Å². The molecule has 44 heavy (non-hydrogen) atoms. The monoisotopic (exact) mass is 608 g/mol. The summed E-state index contributed by atoms with van der Waals surface area (Å²) in [5.41, 5.74) is 2.74. The lowest BCUT2D eigenvalue weighted by molar-refractivity contribution is -0.147. The van der Waals surface area contributed by atoms with E-state index in [1.165, 1.54) is 24.3 Å². The van der Waals surface area contributed by atoms with Crippen LogP contribution in [0.25, 0.3) is 5.76 Å². The number of rotatable bonds is 5. The van der Waals surface area contributed by atoms with E-state index in [9.17, 15) is 44.0 Å². The molecule has 3 aliphatic rings. The second-order valence-electron chi connectivity index (χ2n) is 11.9. The van der Waals surface area contributed by atoms with Crippen molar-refractivity contribution < 1.29 is 44.0 Å². The Hall–Kier alpha value is -4.91. The highest BCUT2D eigenvalue weighted by Crippen LogP contribution is 2.54.